The van der Waals surface area contributed by atoms with Gasteiger partial charge >= 0.3 is 0 Å². The van der Waals surface area contributed by atoms with Crippen molar-refractivity contribution < 1.29 is 13.7 Å². The van der Waals surface area contributed by atoms with Crippen LogP contribution in [0.4, 0.5) is 5.69 Å². The van der Waals surface area contributed by atoms with Crippen LogP contribution < -0.4 is 14.4 Å². The molecule has 1 aliphatic carbocycles. The Morgan fingerprint density at radius 3 is 2.78 bits per heavy atom. The second-order valence-electron chi connectivity index (χ2n) is 10.6. The summed E-state index contributed by atoms with van der Waals surface area (Å²) in [6.07, 6.45) is 11.8. The second-order valence-corrected chi connectivity index (χ2v) is 12.4. The SMILES string of the molecule is CCCc1cc(Cl)ccc1C1COc2ccc3cc2N(C1)CC1CC[C@H]1C/C=C/CCCS(=O)NC3=O. The molecule has 1 amide bonds. The van der Waals surface area contributed by atoms with Crippen molar-refractivity contribution in [2.45, 2.75) is 57.8 Å². The molecule has 0 saturated heterocycles. The van der Waals surface area contributed by atoms with Gasteiger partial charge in [0.15, 0.2) is 0 Å². The quantitative estimate of drug-likeness (QED) is 0.455. The maximum absolute atomic E-state index is 13.0. The summed E-state index contributed by atoms with van der Waals surface area (Å²) >= 11 is 6.37. The molecule has 2 bridgehead atoms. The molecule has 0 spiro atoms. The lowest BCUT2D eigenvalue weighted by atomic mass is 9.71. The fraction of sp³-hybridized carbons (Fsp3) is 0.500. The second kappa shape index (κ2) is 12.0. The van der Waals surface area contributed by atoms with E-state index in [1.165, 1.54) is 24.0 Å². The number of allylic oxidation sites excluding steroid dienone is 2. The Balaban J connectivity index is 1.49. The molecule has 37 heavy (non-hydrogen) atoms. The number of rotatable bonds is 3. The van der Waals surface area contributed by atoms with Crippen LogP contribution in [0.5, 0.6) is 5.75 Å². The topological polar surface area (TPSA) is 58.6 Å². The molecule has 5 nitrogen and oxygen atoms in total. The Bertz CT molecular complexity index is 1180. The van der Waals surface area contributed by atoms with Crippen molar-refractivity contribution in [1.82, 2.24) is 4.72 Å². The van der Waals surface area contributed by atoms with E-state index in [2.05, 4.69) is 40.8 Å². The van der Waals surface area contributed by atoms with E-state index in [1.807, 2.05) is 18.2 Å². The van der Waals surface area contributed by atoms with E-state index >= 15 is 0 Å². The number of halogens is 1. The van der Waals surface area contributed by atoms with Crippen LogP contribution in [0.3, 0.4) is 0 Å². The third kappa shape index (κ3) is 6.23. The maximum Gasteiger partial charge on any atom is 0.263 e. The smallest absolute Gasteiger partial charge is 0.263 e. The van der Waals surface area contributed by atoms with Gasteiger partial charge in [0.2, 0.25) is 0 Å². The van der Waals surface area contributed by atoms with E-state index in [-0.39, 0.29) is 11.8 Å². The largest absolute Gasteiger partial charge is 0.491 e. The molecule has 2 aliphatic heterocycles. The first kappa shape index (κ1) is 26.3. The Labute approximate surface area is 228 Å². The number of fused-ring (bicyclic) bond motifs is 2. The van der Waals surface area contributed by atoms with Crippen molar-refractivity contribution in [2.75, 3.05) is 30.3 Å². The van der Waals surface area contributed by atoms with E-state index in [4.69, 9.17) is 16.3 Å². The number of hydrogen-bond acceptors (Lipinski definition) is 4. The fourth-order valence-electron chi connectivity index (χ4n) is 5.86. The highest BCUT2D eigenvalue weighted by Crippen LogP contribution is 2.42. The molecule has 5 rings (SSSR count). The lowest BCUT2D eigenvalue weighted by Gasteiger charge is -2.41. The van der Waals surface area contributed by atoms with Gasteiger partial charge in [0, 0.05) is 35.3 Å². The number of nitrogens with one attached hydrogen (secondary N) is 1. The summed E-state index contributed by atoms with van der Waals surface area (Å²) in [7, 11) is -1.39. The highest BCUT2D eigenvalue weighted by Gasteiger charge is 2.34. The van der Waals surface area contributed by atoms with Gasteiger partial charge in [-0.2, -0.15) is 0 Å². The van der Waals surface area contributed by atoms with Crippen LogP contribution in [0.25, 0.3) is 0 Å². The van der Waals surface area contributed by atoms with Gasteiger partial charge in [-0.1, -0.05) is 43.2 Å². The van der Waals surface area contributed by atoms with Crippen LogP contribution >= 0.6 is 11.6 Å². The lowest BCUT2D eigenvalue weighted by molar-refractivity contribution is 0.0983. The van der Waals surface area contributed by atoms with Crippen molar-refractivity contribution in [1.29, 1.82) is 0 Å². The molecular formula is C30H37ClN2O3S. The summed E-state index contributed by atoms with van der Waals surface area (Å²) in [5, 5.41) is 0.772. The summed E-state index contributed by atoms with van der Waals surface area (Å²) in [6.45, 7) is 4.54. The molecule has 0 radical (unpaired) electrons. The van der Waals surface area contributed by atoms with Crippen molar-refractivity contribution >= 4 is 34.2 Å². The highest BCUT2D eigenvalue weighted by molar-refractivity contribution is 7.83. The van der Waals surface area contributed by atoms with E-state index < -0.39 is 11.0 Å². The number of benzene rings is 2. The minimum absolute atomic E-state index is 0.194. The fourth-order valence-corrected chi connectivity index (χ4v) is 6.91. The Morgan fingerprint density at radius 1 is 1.11 bits per heavy atom. The highest BCUT2D eigenvalue weighted by atomic mass is 35.5. The molecule has 2 aromatic rings. The average Bonchev–Trinajstić information content (AvgIpc) is 3.05. The first-order valence-corrected chi connectivity index (χ1v) is 15.4. The van der Waals surface area contributed by atoms with Crippen LogP contribution in [0.1, 0.15) is 72.9 Å². The summed E-state index contributed by atoms with van der Waals surface area (Å²) in [5.41, 5.74) is 4.07. The zero-order chi connectivity index (χ0) is 25.8. The van der Waals surface area contributed by atoms with Crippen molar-refractivity contribution in [3.8, 4) is 5.75 Å². The van der Waals surface area contributed by atoms with Gasteiger partial charge in [-0.25, -0.2) is 4.21 Å². The van der Waals surface area contributed by atoms with Crippen molar-refractivity contribution in [3.63, 3.8) is 0 Å². The molecule has 1 saturated carbocycles. The van der Waals surface area contributed by atoms with Gasteiger partial charge < -0.3 is 9.64 Å². The van der Waals surface area contributed by atoms with Crippen LogP contribution in [0, 0.1) is 11.8 Å². The molecule has 2 aromatic carbocycles. The number of nitrogens with zero attached hydrogens (tertiary/aromatic N) is 1. The Hall–Kier alpha value is -2.31. The number of hydrogen-bond donors (Lipinski definition) is 1. The van der Waals surface area contributed by atoms with Gasteiger partial charge in [-0.05, 0) is 91.8 Å². The molecule has 3 unspecified atom stereocenters. The average molecular weight is 541 g/mol. The zero-order valence-corrected chi connectivity index (χ0v) is 23.2. The van der Waals surface area contributed by atoms with Gasteiger partial charge in [0.05, 0.1) is 12.3 Å². The standard InChI is InChI=1S/C30H37ClN2O3S/c1-2-7-22-16-26(31)12-13-27(22)25-19-33-18-24-10-9-21(24)8-5-3-4-6-15-37(35)32-30(34)23-11-14-29(36-20-25)28(33)17-23/h3,5,11-14,16-17,21,24-25H,2,4,6-10,15,18-20H2,1H3,(H,32,34)/b5-3+/t21-,24?,25?,37?/m1/s1. The summed E-state index contributed by atoms with van der Waals surface area (Å²) in [4.78, 5) is 15.4. The third-order valence-electron chi connectivity index (χ3n) is 8.05. The van der Waals surface area contributed by atoms with Gasteiger partial charge in [-0.3, -0.25) is 9.52 Å². The van der Waals surface area contributed by atoms with Crippen LogP contribution in [0.2, 0.25) is 5.02 Å². The monoisotopic (exact) mass is 540 g/mol. The van der Waals surface area contributed by atoms with E-state index in [1.54, 1.807) is 6.07 Å². The van der Waals surface area contributed by atoms with Crippen LogP contribution in [0.15, 0.2) is 48.6 Å². The lowest BCUT2D eigenvalue weighted by Crippen LogP contribution is -2.40. The first-order chi connectivity index (χ1) is 18.0. The molecule has 4 atom stereocenters. The van der Waals surface area contributed by atoms with Gasteiger partial charge in [0.25, 0.3) is 5.91 Å². The van der Waals surface area contributed by atoms with E-state index in [0.29, 0.717) is 29.8 Å². The normalized spacial score (nSPS) is 27.2. The Morgan fingerprint density at radius 2 is 1.97 bits per heavy atom. The molecule has 198 valence electrons. The summed E-state index contributed by atoms with van der Waals surface area (Å²) in [5.74, 6) is 2.47. The minimum Gasteiger partial charge on any atom is -0.491 e. The van der Waals surface area contributed by atoms with Gasteiger partial charge in [0.1, 0.15) is 16.7 Å². The summed E-state index contributed by atoms with van der Waals surface area (Å²) < 4.78 is 21.5. The number of aryl methyl sites for hydroxylation is 1. The molecule has 1 fully saturated rings. The maximum atomic E-state index is 13.0. The number of carbonyl (C=O) groups is 1. The molecule has 3 aliphatic rings. The minimum atomic E-state index is -1.39. The number of anilines is 1. The van der Waals surface area contributed by atoms with E-state index in [0.717, 1.165) is 61.7 Å². The van der Waals surface area contributed by atoms with Crippen molar-refractivity contribution in [2.24, 2.45) is 11.8 Å². The van der Waals surface area contributed by atoms with E-state index in [9.17, 15) is 9.00 Å². The van der Waals surface area contributed by atoms with Crippen molar-refractivity contribution in [3.05, 3.63) is 70.3 Å². The predicted molar refractivity (Wildman–Crippen MR) is 152 cm³/mol. The molecule has 2 heterocycles. The van der Waals surface area contributed by atoms with Crippen LogP contribution in [-0.2, 0) is 17.4 Å². The van der Waals surface area contributed by atoms with Crippen LogP contribution in [-0.4, -0.2) is 35.6 Å². The Kier molecular flexibility index (Phi) is 8.56. The molecule has 7 heteroatoms. The number of carbonyl (C=O) groups excluding carboxylic acids is 1. The zero-order valence-electron chi connectivity index (χ0n) is 21.6. The molecule has 1 N–H and O–H groups in total. The summed E-state index contributed by atoms with van der Waals surface area (Å²) in [6, 6.07) is 11.9. The predicted octanol–water partition coefficient (Wildman–Crippen LogP) is 6.43. The molecular weight excluding hydrogens is 504 g/mol. The first-order valence-electron chi connectivity index (χ1n) is 13.7. The van der Waals surface area contributed by atoms with Gasteiger partial charge in [-0.15, -0.1) is 0 Å². The number of amides is 1. The third-order valence-corrected chi connectivity index (χ3v) is 9.36. The number of ether oxygens (including phenoxy) is 1. The molecule has 0 aromatic heterocycles.